The molecule has 0 N–H and O–H groups in total. The predicted octanol–water partition coefficient (Wildman–Crippen LogP) is 3.33. The predicted molar refractivity (Wildman–Crippen MR) is 118 cm³/mol. The lowest BCUT2D eigenvalue weighted by Gasteiger charge is -2.33. The van der Waals surface area contributed by atoms with Crippen LogP contribution in [0.25, 0.3) is 6.08 Å². The highest BCUT2D eigenvalue weighted by Crippen LogP contribution is 2.23. The Morgan fingerprint density at radius 3 is 2.55 bits per heavy atom. The third kappa shape index (κ3) is 5.16. The van der Waals surface area contributed by atoms with Gasteiger partial charge in [0.2, 0.25) is 15.9 Å². The van der Waals surface area contributed by atoms with Crippen LogP contribution in [0.1, 0.15) is 31.0 Å². The van der Waals surface area contributed by atoms with Gasteiger partial charge >= 0.3 is 0 Å². The fraction of sp³-hybridized carbons (Fsp3) is 0.429. The molecule has 10 heteroatoms. The molecular weight excluding hydrogens is 443 g/mol. The number of aryl methyl sites for hydroxylation is 2. The molecule has 1 aliphatic heterocycles. The molecule has 3 rings (SSSR count). The Bertz CT molecular complexity index is 1080. The quantitative estimate of drug-likeness (QED) is 0.584. The molecule has 1 saturated heterocycles. The van der Waals surface area contributed by atoms with Crippen LogP contribution in [0, 0.1) is 12.7 Å². The van der Waals surface area contributed by atoms with Crippen molar-refractivity contribution < 1.29 is 17.6 Å². The number of unbranched alkanes of at least 4 members (excludes halogenated alkanes) is 1. The van der Waals surface area contributed by atoms with Gasteiger partial charge in [0.25, 0.3) is 0 Å². The number of amides is 1. The van der Waals surface area contributed by atoms with Crippen LogP contribution in [0.3, 0.4) is 0 Å². The molecule has 0 aliphatic carbocycles. The summed E-state index contributed by atoms with van der Waals surface area (Å²) in [6.07, 6.45) is 5.07. The van der Waals surface area contributed by atoms with E-state index >= 15 is 0 Å². The number of benzene rings is 1. The van der Waals surface area contributed by atoms with Crippen LogP contribution < -0.4 is 0 Å². The highest BCUT2D eigenvalue weighted by molar-refractivity contribution is 7.89. The third-order valence-electron chi connectivity index (χ3n) is 5.23. The monoisotopic (exact) mass is 468 g/mol. The van der Waals surface area contributed by atoms with Crippen LogP contribution in [-0.4, -0.2) is 59.5 Å². The summed E-state index contributed by atoms with van der Waals surface area (Å²) in [5, 5.41) is 4.91. The van der Waals surface area contributed by atoms with Gasteiger partial charge in [0.15, 0.2) is 0 Å². The number of halogens is 2. The molecule has 7 nitrogen and oxygen atoms in total. The summed E-state index contributed by atoms with van der Waals surface area (Å²) >= 11 is 6.40. The summed E-state index contributed by atoms with van der Waals surface area (Å²) in [7, 11) is -3.94. The topological polar surface area (TPSA) is 75.5 Å². The molecule has 1 amide bonds. The zero-order valence-corrected chi connectivity index (χ0v) is 19.2. The Kier molecular flexibility index (Phi) is 7.51. The molecule has 2 heterocycles. The van der Waals surface area contributed by atoms with Crippen LogP contribution >= 0.6 is 11.6 Å². The summed E-state index contributed by atoms with van der Waals surface area (Å²) in [6.45, 7) is 5.29. The van der Waals surface area contributed by atoms with Gasteiger partial charge < -0.3 is 4.90 Å². The summed E-state index contributed by atoms with van der Waals surface area (Å²) in [5.74, 6) is -1.02. The Morgan fingerprint density at radius 1 is 1.23 bits per heavy atom. The van der Waals surface area contributed by atoms with Crippen molar-refractivity contribution in [3.63, 3.8) is 0 Å². The van der Waals surface area contributed by atoms with E-state index in [1.54, 1.807) is 15.7 Å². The van der Waals surface area contributed by atoms with E-state index in [4.69, 9.17) is 11.6 Å². The molecule has 0 saturated carbocycles. The van der Waals surface area contributed by atoms with Crippen LogP contribution in [-0.2, 0) is 21.4 Å². The molecule has 1 fully saturated rings. The summed E-state index contributed by atoms with van der Waals surface area (Å²) < 4.78 is 42.3. The Hall–Kier alpha value is -2.23. The summed E-state index contributed by atoms with van der Waals surface area (Å²) in [6, 6.07) is 5.30. The Labute approximate surface area is 187 Å². The van der Waals surface area contributed by atoms with Gasteiger partial charge in [0, 0.05) is 44.4 Å². The molecule has 1 aromatic carbocycles. The van der Waals surface area contributed by atoms with E-state index in [9.17, 15) is 17.6 Å². The molecule has 0 bridgehead atoms. The molecule has 1 aliphatic rings. The molecule has 168 valence electrons. The van der Waals surface area contributed by atoms with E-state index in [0.29, 0.717) is 10.7 Å². The fourth-order valence-corrected chi connectivity index (χ4v) is 5.22. The molecule has 2 aromatic rings. The number of carbonyl (C=O) groups is 1. The second kappa shape index (κ2) is 9.93. The lowest BCUT2D eigenvalue weighted by Crippen LogP contribution is -2.50. The minimum Gasteiger partial charge on any atom is -0.337 e. The number of nitrogens with zero attached hydrogens (tertiary/aromatic N) is 4. The highest BCUT2D eigenvalue weighted by Gasteiger charge is 2.31. The lowest BCUT2D eigenvalue weighted by molar-refractivity contribution is -0.127. The van der Waals surface area contributed by atoms with Gasteiger partial charge in [-0.05, 0) is 31.6 Å². The first-order chi connectivity index (χ1) is 14.8. The first kappa shape index (κ1) is 23.4. The van der Waals surface area contributed by atoms with Gasteiger partial charge in [-0.25, -0.2) is 12.8 Å². The van der Waals surface area contributed by atoms with Gasteiger partial charge in [-0.2, -0.15) is 9.40 Å². The van der Waals surface area contributed by atoms with Crippen LogP contribution in [0.5, 0.6) is 0 Å². The third-order valence-corrected chi connectivity index (χ3v) is 7.56. The van der Waals surface area contributed by atoms with Gasteiger partial charge in [0.1, 0.15) is 15.9 Å². The number of carbonyl (C=O) groups excluding carboxylic acids is 1. The first-order valence-electron chi connectivity index (χ1n) is 10.2. The van der Waals surface area contributed by atoms with Crippen LogP contribution in [0.4, 0.5) is 4.39 Å². The average Bonchev–Trinajstić information content (AvgIpc) is 3.03. The van der Waals surface area contributed by atoms with Crippen LogP contribution in [0.15, 0.2) is 35.2 Å². The zero-order chi connectivity index (χ0) is 22.6. The van der Waals surface area contributed by atoms with Crippen molar-refractivity contribution in [2.24, 2.45) is 0 Å². The second-order valence-electron chi connectivity index (χ2n) is 7.36. The van der Waals surface area contributed by atoms with E-state index in [1.165, 1.54) is 28.6 Å². The normalized spacial score (nSPS) is 15.7. The number of aromatic nitrogens is 2. The largest absolute Gasteiger partial charge is 0.337 e. The molecule has 0 unspecified atom stereocenters. The number of piperazine rings is 1. The van der Waals surface area contributed by atoms with Crippen molar-refractivity contribution in [1.82, 2.24) is 19.0 Å². The van der Waals surface area contributed by atoms with E-state index in [2.05, 4.69) is 12.0 Å². The summed E-state index contributed by atoms with van der Waals surface area (Å²) in [4.78, 5) is 13.8. The molecule has 1 aromatic heterocycles. The molecular formula is C21H26ClFN4O3S. The number of sulfonamides is 1. The average molecular weight is 469 g/mol. The minimum absolute atomic E-state index is 0.102. The SMILES string of the molecule is CCCCn1nc(C)c(C=CC(=O)N2CCN(S(=O)(=O)c3ccccc3F)CC2)c1Cl. The van der Waals surface area contributed by atoms with Gasteiger partial charge in [-0.15, -0.1) is 0 Å². The summed E-state index contributed by atoms with van der Waals surface area (Å²) in [5.41, 5.74) is 1.44. The number of rotatable bonds is 7. The minimum atomic E-state index is -3.94. The number of hydrogen-bond donors (Lipinski definition) is 0. The maximum absolute atomic E-state index is 13.9. The zero-order valence-electron chi connectivity index (χ0n) is 17.6. The van der Waals surface area contributed by atoms with Crippen molar-refractivity contribution in [2.75, 3.05) is 26.2 Å². The Morgan fingerprint density at radius 2 is 1.90 bits per heavy atom. The van der Waals surface area contributed by atoms with Gasteiger partial charge in [-0.3, -0.25) is 9.48 Å². The first-order valence-corrected chi connectivity index (χ1v) is 12.0. The molecule has 31 heavy (non-hydrogen) atoms. The van der Waals surface area contributed by atoms with E-state index in [-0.39, 0.29) is 37.0 Å². The molecule has 0 radical (unpaired) electrons. The van der Waals surface area contributed by atoms with E-state index in [1.807, 2.05) is 6.92 Å². The fourth-order valence-electron chi connectivity index (χ4n) is 3.41. The van der Waals surface area contributed by atoms with E-state index < -0.39 is 15.8 Å². The van der Waals surface area contributed by atoms with Crippen molar-refractivity contribution in [3.05, 3.63) is 52.6 Å². The molecule has 0 atom stereocenters. The number of hydrogen-bond acceptors (Lipinski definition) is 4. The standard InChI is InChI=1S/C21H26ClFN4O3S/c1-3-4-11-27-21(22)17(16(2)24-27)9-10-20(28)25-12-14-26(15-13-25)31(29,30)19-8-6-5-7-18(19)23/h5-10H,3-4,11-15H2,1-2H3. The van der Waals surface area contributed by atoms with Crippen LogP contribution in [0.2, 0.25) is 5.15 Å². The molecule has 0 spiro atoms. The second-order valence-corrected chi connectivity index (χ2v) is 9.62. The smallest absolute Gasteiger partial charge is 0.246 e. The van der Waals surface area contributed by atoms with E-state index in [0.717, 1.165) is 31.1 Å². The lowest BCUT2D eigenvalue weighted by atomic mass is 10.2. The maximum atomic E-state index is 13.9. The Balaban J connectivity index is 1.63. The van der Waals surface area contributed by atoms with Gasteiger partial charge in [0.05, 0.1) is 5.69 Å². The van der Waals surface area contributed by atoms with Crippen molar-refractivity contribution in [1.29, 1.82) is 0 Å². The van der Waals surface area contributed by atoms with Crippen molar-refractivity contribution >= 4 is 33.6 Å². The highest BCUT2D eigenvalue weighted by atomic mass is 35.5. The maximum Gasteiger partial charge on any atom is 0.246 e. The van der Waals surface area contributed by atoms with Crippen molar-refractivity contribution in [2.45, 2.75) is 38.1 Å². The van der Waals surface area contributed by atoms with Gasteiger partial charge in [-0.1, -0.05) is 37.1 Å². The van der Waals surface area contributed by atoms with Crippen molar-refractivity contribution in [3.8, 4) is 0 Å².